The Morgan fingerprint density at radius 2 is 1.03 bits per heavy atom. The third-order valence-electron chi connectivity index (χ3n) is 5.93. The number of unbranched alkanes of at least 4 members (excludes halogenated alkanes) is 14. The highest BCUT2D eigenvalue weighted by molar-refractivity contribution is 4.54. The van der Waals surface area contributed by atoms with E-state index in [0.717, 1.165) is 38.6 Å². The van der Waals surface area contributed by atoms with Gasteiger partial charge >= 0.3 is 0 Å². The monoisotopic (exact) mass is 412 g/mol. The molecule has 0 aliphatic heterocycles. The van der Waals surface area contributed by atoms with Gasteiger partial charge in [-0.1, -0.05) is 124 Å². The molecule has 0 rings (SSSR count). The van der Waals surface area contributed by atoms with Gasteiger partial charge in [-0.2, -0.15) is 0 Å². The maximum atomic E-state index is 5.84. The molecule has 2 heteroatoms. The van der Waals surface area contributed by atoms with Crippen LogP contribution in [0.2, 0.25) is 0 Å². The molecule has 0 aromatic heterocycles. The molecule has 176 valence electrons. The molecule has 1 atom stereocenters. The summed E-state index contributed by atoms with van der Waals surface area (Å²) in [7, 11) is 0. The van der Waals surface area contributed by atoms with E-state index in [1.54, 1.807) is 0 Å². The maximum absolute atomic E-state index is 5.84. The Morgan fingerprint density at radius 3 is 1.48 bits per heavy atom. The lowest BCUT2D eigenvalue weighted by Crippen LogP contribution is -2.20. The molecule has 0 N–H and O–H groups in total. The Labute approximate surface area is 184 Å². The second-order valence-electron chi connectivity index (χ2n) is 9.46. The highest BCUT2D eigenvalue weighted by atomic mass is 16.5. The van der Waals surface area contributed by atoms with E-state index in [1.165, 1.54) is 103 Å². The van der Waals surface area contributed by atoms with Crippen LogP contribution in [0.15, 0.2) is 0 Å². The molecule has 29 heavy (non-hydrogen) atoms. The molecule has 0 aromatic carbocycles. The van der Waals surface area contributed by atoms with Gasteiger partial charge < -0.3 is 9.47 Å². The Kier molecular flexibility index (Phi) is 24.1. The van der Waals surface area contributed by atoms with Crippen LogP contribution in [0.25, 0.3) is 0 Å². The van der Waals surface area contributed by atoms with Crippen LogP contribution in [0.4, 0.5) is 0 Å². The Hall–Kier alpha value is -0.0800. The summed E-state index contributed by atoms with van der Waals surface area (Å²) in [6, 6.07) is 0. The highest BCUT2D eigenvalue weighted by Crippen LogP contribution is 2.14. The lowest BCUT2D eigenvalue weighted by atomic mass is 10.0. The van der Waals surface area contributed by atoms with Crippen molar-refractivity contribution in [2.45, 2.75) is 149 Å². The van der Waals surface area contributed by atoms with E-state index in [2.05, 4.69) is 27.7 Å². The van der Waals surface area contributed by atoms with Crippen LogP contribution in [0, 0.1) is 5.92 Å². The van der Waals surface area contributed by atoms with Gasteiger partial charge in [0.2, 0.25) is 0 Å². The summed E-state index contributed by atoms with van der Waals surface area (Å²) in [6.45, 7) is 11.6. The van der Waals surface area contributed by atoms with Crippen LogP contribution in [0.1, 0.15) is 143 Å². The van der Waals surface area contributed by atoms with Crippen molar-refractivity contribution in [3.63, 3.8) is 0 Å². The van der Waals surface area contributed by atoms with Gasteiger partial charge in [-0.05, 0) is 25.2 Å². The van der Waals surface area contributed by atoms with Crippen LogP contribution in [-0.2, 0) is 9.47 Å². The first kappa shape index (κ1) is 28.9. The van der Waals surface area contributed by atoms with Crippen molar-refractivity contribution in [1.29, 1.82) is 0 Å². The first-order valence-electron chi connectivity index (χ1n) is 13.4. The van der Waals surface area contributed by atoms with Crippen molar-refractivity contribution in [2.75, 3.05) is 19.8 Å². The van der Waals surface area contributed by atoms with Gasteiger partial charge in [-0.15, -0.1) is 0 Å². The molecule has 0 saturated heterocycles. The fourth-order valence-corrected chi connectivity index (χ4v) is 3.77. The van der Waals surface area contributed by atoms with Gasteiger partial charge in [0.25, 0.3) is 0 Å². The van der Waals surface area contributed by atoms with Crippen LogP contribution in [0.3, 0.4) is 0 Å². The average Bonchev–Trinajstić information content (AvgIpc) is 2.71. The van der Waals surface area contributed by atoms with Crippen LogP contribution < -0.4 is 0 Å². The normalized spacial score (nSPS) is 12.7. The van der Waals surface area contributed by atoms with Crippen molar-refractivity contribution in [2.24, 2.45) is 5.92 Å². The number of rotatable bonds is 24. The van der Waals surface area contributed by atoms with Crippen molar-refractivity contribution >= 4 is 0 Å². The summed E-state index contributed by atoms with van der Waals surface area (Å²) < 4.78 is 11.7. The lowest BCUT2D eigenvalue weighted by Gasteiger charge is -2.16. The second kappa shape index (κ2) is 24.2. The van der Waals surface area contributed by atoms with E-state index in [0.29, 0.717) is 6.10 Å². The zero-order chi connectivity index (χ0) is 21.4. The van der Waals surface area contributed by atoms with Crippen molar-refractivity contribution in [3.8, 4) is 0 Å². The predicted octanol–water partition coefficient (Wildman–Crippen LogP) is 9.11. The van der Waals surface area contributed by atoms with Crippen molar-refractivity contribution in [1.82, 2.24) is 0 Å². The highest BCUT2D eigenvalue weighted by Gasteiger charge is 2.06. The topological polar surface area (TPSA) is 18.5 Å². The fraction of sp³-hybridized carbons (Fsp3) is 1.00. The Morgan fingerprint density at radius 1 is 0.552 bits per heavy atom. The Bertz CT molecular complexity index is 290. The predicted molar refractivity (Wildman–Crippen MR) is 130 cm³/mol. The standard InChI is InChI=1S/C27H56O2/c1-5-7-24-29-27(6-2)25-28-23-21-19-17-15-13-11-9-8-10-12-14-16-18-20-22-26(3)4/h26-27H,5-25H2,1-4H3. The molecule has 0 radical (unpaired) electrons. The van der Waals surface area contributed by atoms with E-state index in [4.69, 9.17) is 9.47 Å². The van der Waals surface area contributed by atoms with Gasteiger partial charge in [0.15, 0.2) is 0 Å². The first-order chi connectivity index (χ1) is 14.2. The maximum Gasteiger partial charge on any atom is 0.0805 e. The summed E-state index contributed by atoms with van der Waals surface area (Å²) in [5, 5.41) is 0. The summed E-state index contributed by atoms with van der Waals surface area (Å²) in [6.07, 6.45) is 25.0. The van der Waals surface area contributed by atoms with Crippen LogP contribution in [0.5, 0.6) is 0 Å². The van der Waals surface area contributed by atoms with Gasteiger partial charge in [-0.25, -0.2) is 0 Å². The molecule has 0 amide bonds. The second-order valence-corrected chi connectivity index (χ2v) is 9.46. The zero-order valence-electron chi connectivity index (χ0n) is 20.8. The van der Waals surface area contributed by atoms with Crippen molar-refractivity contribution in [3.05, 3.63) is 0 Å². The van der Waals surface area contributed by atoms with E-state index >= 15 is 0 Å². The molecule has 0 saturated carbocycles. The van der Waals surface area contributed by atoms with E-state index in [9.17, 15) is 0 Å². The largest absolute Gasteiger partial charge is 0.379 e. The molecule has 2 nitrogen and oxygen atoms in total. The zero-order valence-corrected chi connectivity index (χ0v) is 20.8. The van der Waals surface area contributed by atoms with E-state index < -0.39 is 0 Å². The molecule has 0 aliphatic rings. The summed E-state index contributed by atoms with van der Waals surface area (Å²) >= 11 is 0. The lowest BCUT2D eigenvalue weighted by molar-refractivity contribution is -0.0197. The molecule has 0 heterocycles. The molecule has 1 unspecified atom stereocenters. The molecular weight excluding hydrogens is 356 g/mol. The van der Waals surface area contributed by atoms with Crippen LogP contribution in [-0.4, -0.2) is 25.9 Å². The van der Waals surface area contributed by atoms with E-state index in [-0.39, 0.29) is 0 Å². The summed E-state index contributed by atoms with van der Waals surface area (Å²) in [5.41, 5.74) is 0. The molecule has 0 bridgehead atoms. The average molecular weight is 413 g/mol. The Balaban J connectivity index is 3.14. The SMILES string of the molecule is CCCCOC(CC)COCCCCCCCCCCCCCCCCC(C)C. The number of hydrogen-bond donors (Lipinski definition) is 0. The smallest absolute Gasteiger partial charge is 0.0805 e. The molecule has 0 fully saturated rings. The summed E-state index contributed by atoms with van der Waals surface area (Å²) in [4.78, 5) is 0. The van der Waals surface area contributed by atoms with E-state index in [1.807, 2.05) is 0 Å². The van der Waals surface area contributed by atoms with Gasteiger partial charge in [0.1, 0.15) is 0 Å². The molecule has 0 spiro atoms. The third kappa shape index (κ3) is 24.1. The quantitative estimate of drug-likeness (QED) is 0.147. The van der Waals surface area contributed by atoms with Gasteiger partial charge in [-0.3, -0.25) is 0 Å². The van der Waals surface area contributed by atoms with Gasteiger partial charge in [0, 0.05) is 13.2 Å². The van der Waals surface area contributed by atoms with Gasteiger partial charge in [0.05, 0.1) is 12.7 Å². The minimum Gasteiger partial charge on any atom is -0.379 e. The minimum absolute atomic E-state index is 0.298. The minimum atomic E-state index is 0.298. The number of hydrogen-bond acceptors (Lipinski definition) is 2. The summed E-state index contributed by atoms with van der Waals surface area (Å²) in [5.74, 6) is 0.886. The first-order valence-corrected chi connectivity index (χ1v) is 13.4. The molecule has 0 aliphatic carbocycles. The third-order valence-corrected chi connectivity index (χ3v) is 5.93. The fourth-order valence-electron chi connectivity index (χ4n) is 3.77. The molecular formula is C27H56O2. The molecule has 0 aromatic rings. The van der Waals surface area contributed by atoms with Crippen molar-refractivity contribution < 1.29 is 9.47 Å². The van der Waals surface area contributed by atoms with Crippen LogP contribution >= 0.6 is 0 Å². The number of ether oxygens (including phenoxy) is 2.